The fourth-order valence-electron chi connectivity index (χ4n) is 3.36. The van der Waals surface area contributed by atoms with E-state index >= 15 is 0 Å². The number of anilines is 1. The van der Waals surface area contributed by atoms with E-state index in [0.717, 1.165) is 11.3 Å². The van der Waals surface area contributed by atoms with Crippen molar-refractivity contribution in [2.75, 3.05) is 4.72 Å². The van der Waals surface area contributed by atoms with E-state index in [1.54, 1.807) is 48.7 Å². The first kappa shape index (κ1) is 23.5. The number of sulfonamides is 1. The highest BCUT2D eigenvalue weighted by Gasteiger charge is 2.19. The number of nitrogens with one attached hydrogen (secondary N) is 2. The number of hydrazine groups is 1. The maximum Gasteiger partial charge on any atom is 0.262 e. The summed E-state index contributed by atoms with van der Waals surface area (Å²) in [6.07, 6.45) is 5.03. The maximum absolute atomic E-state index is 13.1. The van der Waals surface area contributed by atoms with E-state index in [0.29, 0.717) is 23.5 Å². The summed E-state index contributed by atoms with van der Waals surface area (Å²) in [6.45, 7) is 0.344. The number of aliphatic imine (C=N–C) groups is 1. The lowest BCUT2D eigenvalue weighted by molar-refractivity contribution is 0.365. The van der Waals surface area contributed by atoms with Gasteiger partial charge in [-0.3, -0.25) is 14.7 Å². The van der Waals surface area contributed by atoms with Crippen molar-refractivity contribution >= 4 is 27.7 Å². The molecule has 0 radical (unpaired) electrons. The topological polar surface area (TPSA) is 110 Å². The average Bonchev–Trinajstić information content (AvgIpc) is 2.89. The van der Waals surface area contributed by atoms with Gasteiger partial charge in [-0.15, -0.1) is 0 Å². The number of hydrogen-bond acceptors (Lipinski definition) is 6. The minimum atomic E-state index is -3.82. The molecule has 1 heterocycles. The van der Waals surface area contributed by atoms with E-state index in [9.17, 15) is 8.42 Å². The zero-order valence-corrected chi connectivity index (χ0v) is 19.4. The highest BCUT2D eigenvalue weighted by atomic mass is 32.2. The summed E-state index contributed by atoms with van der Waals surface area (Å²) in [6, 6.07) is 28.4. The van der Waals surface area contributed by atoms with Crippen LogP contribution in [0.25, 0.3) is 11.1 Å². The van der Waals surface area contributed by atoms with Crippen molar-refractivity contribution < 1.29 is 8.42 Å². The average molecular weight is 483 g/mol. The van der Waals surface area contributed by atoms with Crippen molar-refractivity contribution in [3.63, 3.8) is 0 Å². The van der Waals surface area contributed by atoms with Gasteiger partial charge in [-0.05, 0) is 48.0 Å². The number of nitrogens with zero attached hydrogens (tertiary/aromatic N) is 4. The van der Waals surface area contributed by atoms with Crippen LogP contribution in [-0.2, 0) is 16.6 Å². The number of rotatable bonds is 9. The zero-order valence-electron chi connectivity index (χ0n) is 18.6. The molecular weight excluding hydrogens is 460 g/mol. The molecule has 0 unspecified atom stereocenters. The molecule has 0 aliphatic carbocycles. The third-order valence-electron chi connectivity index (χ3n) is 4.98. The van der Waals surface area contributed by atoms with Crippen LogP contribution in [0.3, 0.4) is 0 Å². The van der Waals surface area contributed by atoms with Gasteiger partial charge in [0.05, 0.1) is 22.8 Å². The van der Waals surface area contributed by atoms with Gasteiger partial charge >= 0.3 is 0 Å². The number of hydrogen-bond donors (Lipinski definition) is 2. The Morgan fingerprint density at radius 2 is 1.63 bits per heavy atom. The molecule has 0 spiro atoms. The molecule has 4 rings (SSSR count). The number of nitriles is 1. The van der Waals surface area contributed by atoms with Crippen LogP contribution in [0.2, 0.25) is 0 Å². The van der Waals surface area contributed by atoms with E-state index in [-0.39, 0.29) is 4.90 Å². The molecule has 2 N–H and O–H groups in total. The largest absolute Gasteiger partial charge is 0.280 e. The van der Waals surface area contributed by atoms with Gasteiger partial charge < -0.3 is 0 Å². The highest BCUT2D eigenvalue weighted by molar-refractivity contribution is 7.92. The SMILES string of the molecule is N#CNN(C=Nc1ccc(NS(=O)(=O)c2ccccc2-c2ccccc2)cc1)Cc1ccccn1. The van der Waals surface area contributed by atoms with Gasteiger partial charge in [0, 0.05) is 17.4 Å². The molecule has 8 nitrogen and oxygen atoms in total. The number of aromatic nitrogens is 1. The molecule has 3 aromatic carbocycles. The lowest BCUT2D eigenvalue weighted by Gasteiger charge is -2.15. The smallest absolute Gasteiger partial charge is 0.262 e. The monoisotopic (exact) mass is 482 g/mol. The first-order valence-corrected chi connectivity index (χ1v) is 12.2. The zero-order chi connectivity index (χ0) is 24.5. The maximum atomic E-state index is 13.1. The summed E-state index contributed by atoms with van der Waals surface area (Å²) in [5.41, 5.74) is 5.74. The summed E-state index contributed by atoms with van der Waals surface area (Å²) in [4.78, 5) is 8.78. The number of pyridine rings is 1. The van der Waals surface area contributed by atoms with Crippen molar-refractivity contribution in [3.05, 3.63) is 109 Å². The Balaban J connectivity index is 1.48. The predicted octanol–water partition coefficient (Wildman–Crippen LogP) is 4.70. The Bertz CT molecular complexity index is 1430. The normalized spacial score (nSPS) is 11.1. The van der Waals surface area contributed by atoms with Gasteiger partial charge in [0.15, 0.2) is 6.19 Å². The number of benzene rings is 3. The summed E-state index contributed by atoms with van der Waals surface area (Å²) >= 11 is 0. The predicted molar refractivity (Wildman–Crippen MR) is 136 cm³/mol. The van der Waals surface area contributed by atoms with Gasteiger partial charge in [0.2, 0.25) is 0 Å². The van der Waals surface area contributed by atoms with Crippen LogP contribution in [0.5, 0.6) is 0 Å². The summed E-state index contributed by atoms with van der Waals surface area (Å²) in [5, 5.41) is 10.5. The molecule has 9 heteroatoms. The molecular formula is C26H22N6O2S. The fourth-order valence-corrected chi connectivity index (χ4v) is 4.65. The van der Waals surface area contributed by atoms with Gasteiger partial charge in [-0.1, -0.05) is 54.6 Å². The van der Waals surface area contributed by atoms with Crippen LogP contribution in [0.1, 0.15) is 5.69 Å². The lowest BCUT2D eigenvalue weighted by atomic mass is 10.1. The Hall–Kier alpha value is -4.68. The molecule has 35 heavy (non-hydrogen) atoms. The van der Waals surface area contributed by atoms with E-state index in [4.69, 9.17) is 5.26 Å². The molecule has 0 aliphatic rings. The van der Waals surface area contributed by atoms with Crippen LogP contribution in [0, 0.1) is 11.5 Å². The Labute approximate surface area is 204 Å². The van der Waals surface area contributed by atoms with E-state index in [2.05, 4.69) is 20.1 Å². The molecule has 0 bridgehead atoms. The lowest BCUT2D eigenvalue weighted by Crippen LogP contribution is -2.32. The second-order valence-electron chi connectivity index (χ2n) is 7.43. The first-order valence-electron chi connectivity index (χ1n) is 10.7. The van der Waals surface area contributed by atoms with Crippen molar-refractivity contribution in [1.29, 1.82) is 5.26 Å². The third kappa shape index (κ3) is 6.22. The molecule has 0 aliphatic heterocycles. The molecule has 4 aromatic rings. The van der Waals surface area contributed by atoms with E-state index < -0.39 is 10.0 Å². The van der Waals surface area contributed by atoms with Crippen LogP contribution >= 0.6 is 0 Å². The van der Waals surface area contributed by atoms with Gasteiger partial charge in [0.1, 0.15) is 6.34 Å². The van der Waals surface area contributed by atoms with Crippen molar-refractivity contribution in [3.8, 4) is 17.3 Å². The van der Waals surface area contributed by atoms with Crippen LogP contribution in [0.15, 0.2) is 113 Å². The van der Waals surface area contributed by atoms with Crippen molar-refractivity contribution in [2.24, 2.45) is 4.99 Å². The molecule has 174 valence electrons. The van der Waals surface area contributed by atoms with Gasteiger partial charge in [0.25, 0.3) is 10.0 Å². The molecule has 0 atom stereocenters. The van der Waals surface area contributed by atoms with Gasteiger partial charge in [-0.2, -0.15) is 5.26 Å². The van der Waals surface area contributed by atoms with Crippen molar-refractivity contribution in [1.82, 2.24) is 15.4 Å². The quantitative estimate of drug-likeness (QED) is 0.118. The summed E-state index contributed by atoms with van der Waals surface area (Å²) in [5.74, 6) is 0. The summed E-state index contributed by atoms with van der Waals surface area (Å²) in [7, 11) is -3.82. The standard InChI is InChI=1S/C26H22N6O2S/c27-19-30-32(18-24-10-6-7-17-28-24)20-29-22-13-15-23(16-14-22)31-35(33,34)26-12-5-4-11-25(26)21-8-2-1-3-9-21/h1-17,20,30-31H,18H2. The van der Waals surface area contributed by atoms with Gasteiger partial charge in [-0.25, -0.2) is 18.8 Å². The first-order chi connectivity index (χ1) is 17.0. The van der Waals surface area contributed by atoms with Crippen LogP contribution in [0.4, 0.5) is 11.4 Å². The fraction of sp³-hybridized carbons (Fsp3) is 0.0385. The van der Waals surface area contributed by atoms with E-state index in [1.165, 1.54) is 11.3 Å². The summed E-state index contributed by atoms with van der Waals surface area (Å²) < 4.78 is 28.9. The molecule has 0 saturated carbocycles. The molecule has 0 saturated heterocycles. The Kier molecular flexibility index (Phi) is 7.35. The molecule has 0 fully saturated rings. The Morgan fingerprint density at radius 3 is 2.34 bits per heavy atom. The second kappa shape index (κ2) is 11.0. The second-order valence-corrected chi connectivity index (χ2v) is 9.08. The minimum absolute atomic E-state index is 0.195. The Morgan fingerprint density at radius 1 is 0.914 bits per heavy atom. The molecule has 0 amide bonds. The molecule has 1 aromatic heterocycles. The van der Waals surface area contributed by atoms with Crippen LogP contribution in [-0.4, -0.2) is 24.7 Å². The highest BCUT2D eigenvalue weighted by Crippen LogP contribution is 2.29. The van der Waals surface area contributed by atoms with Crippen LogP contribution < -0.4 is 10.1 Å². The van der Waals surface area contributed by atoms with E-state index in [1.807, 2.05) is 60.8 Å². The van der Waals surface area contributed by atoms with Crippen molar-refractivity contribution in [2.45, 2.75) is 11.4 Å². The minimum Gasteiger partial charge on any atom is -0.280 e. The third-order valence-corrected chi connectivity index (χ3v) is 6.42.